The summed E-state index contributed by atoms with van der Waals surface area (Å²) in [6.45, 7) is 11.8. The molecule has 0 heterocycles. The molecule has 0 radical (unpaired) electrons. The molecule has 0 saturated heterocycles. The van der Waals surface area contributed by atoms with Crippen molar-refractivity contribution >= 4 is 29.9 Å². The van der Waals surface area contributed by atoms with Crippen LogP contribution in [0, 0.1) is 5.41 Å². The predicted octanol–water partition coefficient (Wildman–Crippen LogP) is 4.52. The van der Waals surface area contributed by atoms with Gasteiger partial charge in [0.1, 0.15) is 0 Å². The second-order valence-electron chi connectivity index (χ2n) is 7.08. The fourth-order valence-corrected chi connectivity index (χ4v) is 3.09. The van der Waals surface area contributed by atoms with Crippen molar-refractivity contribution in [2.75, 3.05) is 32.8 Å². The van der Waals surface area contributed by atoms with E-state index in [1.54, 1.807) is 0 Å². The third-order valence-corrected chi connectivity index (χ3v) is 5.31. The number of hydrogen-bond donors (Lipinski definition) is 3. The smallest absolute Gasteiger partial charge is 0.191 e. The normalized spacial score (nSPS) is 13.0. The van der Waals surface area contributed by atoms with Gasteiger partial charge in [-0.15, -0.1) is 24.0 Å². The molecule has 0 saturated carbocycles. The van der Waals surface area contributed by atoms with Crippen LogP contribution in [0.5, 0.6) is 0 Å². The summed E-state index contributed by atoms with van der Waals surface area (Å²) < 4.78 is 5.92. The van der Waals surface area contributed by atoms with Crippen molar-refractivity contribution in [3.8, 4) is 0 Å². The number of aliphatic imine (C=N–C) groups is 1. The van der Waals surface area contributed by atoms with Gasteiger partial charge in [-0.3, -0.25) is 4.99 Å². The molecule has 6 heteroatoms. The Hall–Kier alpha value is -0.860. The zero-order valence-electron chi connectivity index (χ0n) is 18.0. The van der Waals surface area contributed by atoms with Crippen LogP contribution in [-0.2, 0) is 4.74 Å². The summed E-state index contributed by atoms with van der Waals surface area (Å²) in [5, 5.41) is 16.1. The van der Waals surface area contributed by atoms with E-state index in [0.29, 0.717) is 6.61 Å². The van der Waals surface area contributed by atoms with Crippen LogP contribution in [0.15, 0.2) is 35.3 Å². The number of benzene rings is 1. The van der Waals surface area contributed by atoms with Crippen molar-refractivity contribution in [1.29, 1.82) is 0 Å². The number of ether oxygens (including phenoxy) is 1. The molecule has 3 N–H and O–H groups in total. The Bertz CT molecular complexity index is 522. The lowest BCUT2D eigenvalue weighted by Gasteiger charge is -2.29. The minimum absolute atomic E-state index is 0. The molecule has 0 bridgehead atoms. The van der Waals surface area contributed by atoms with Gasteiger partial charge in [0, 0.05) is 32.8 Å². The third-order valence-electron chi connectivity index (χ3n) is 5.31. The fraction of sp³-hybridized carbons (Fsp3) is 0.682. The number of aliphatic hydroxyl groups excluding tert-OH is 1. The summed E-state index contributed by atoms with van der Waals surface area (Å²) in [5.41, 5.74) is 1.30. The van der Waals surface area contributed by atoms with Crippen molar-refractivity contribution < 1.29 is 9.84 Å². The van der Waals surface area contributed by atoms with Gasteiger partial charge in [-0.05, 0) is 50.5 Å². The zero-order valence-corrected chi connectivity index (χ0v) is 20.4. The molecule has 1 unspecified atom stereocenters. The molecule has 1 rings (SSSR count). The van der Waals surface area contributed by atoms with Crippen LogP contribution in [0.2, 0.25) is 0 Å². The van der Waals surface area contributed by atoms with E-state index in [0.717, 1.165) is 51.3 Å². The van der Waals surface area contributed by atoms with Crippen LogP contribution in [0.1, 0.15) is 65.0 Å². The molecule has 0 spiro atoms. The van der Waals surface area contributed by atoms with Crippen LogP contribution in [0.25, 0.3) is 0 Å². The molecule has 1 aromatic carbocycles. The van der Waals surface area contributed by atoms with Crippen molar-refractivity contribution in [3.63, 3.8) is 0 Å². The number of nitrogens with one attached hydrogen (secondary N) is 2. The highest BCUT2D eigenvalue weighted by Gasteiger charge is 2.25. The maximum absolute atomic E-state index is 9.37. The highest BCUT2D eigenvalue weighted by atomic mass is 127. The van der Waals surface area contributed by atoms with E-state index in [2.05, 4.69) is 50.5 Å². The van der Waals surface area contributed by atoms with Gasteiger partial charge in [-0.1, -0.05) is 44.2 Å². The lowest BCUT2D eigenvalue weighted by molar-refractivity contribution is 0.0646. The molecule has 28 heavy (non-hydrogen) atoms. The molecule has 0 aliphatic heterocycles. The van der Waals surface area contributed by atoms with E-state index in [9.17, 15) is 5.11 Å². The van der Waals surface area contributed by atoms with E-state index in [4.69, 9.17) is 9.73 Å². The van der Waals surface area contributed by atoms with Crippen LogP contribution < -0.4 is 10.6 Å². The summed E-state index contributed by atoms with van der Waals surface area (Å²) in [7, 11) is 0. The molecule has 1 aromatic rings. The lowest BCUT2D eigenvalue weighted by atomic mass is 9.79. The quantitative estimate of drug-likeness (QED) is 0.160. The Morgan fingerprint density at radius 1 is 1.14 bits per heavy atom. The molecule has 1 atom stereocenters. The Labute approximate surface area is 188 Å². The van der Waals surface area contributed by atoms with Gasteiger partial charge in [0.05, 0.1) is 6.10 Å². The number of halogens is 1. The van der Waals surface area contributed by atoms with Gasteiger partial charge in [0.15, 0.2) is 5.96 Å². The van der Waals surface area contributed by atoms with Gasteiger partial charge in [-0.2, -0.15) is 0 Å². The maximum Gasteiger partial charge on any atom is 0.191 e. The lowest BCUT2D eigenvalue weighted by Crippen LogP contribution is -2.39. The predicted molar refractivity (Wildman–Crippen MR) is 130 cm³/mol. The first kappa shape index (κ1) is 27.1. The maximum atomic E-state index is 9.37. The molecule has 162 valence electrons. The Morgan fingerprint density at radius 3 is 2.39 bits per heavy atom. The average Bonchev–Trinajstić information content (AvgIpc) is 2.71. The van der Waals surface area contributed by atoms with E-state index in [1.165, 1.54) is 5.56 Å². The Morgan fingerprint density at radius 2 is 1.82 bits per heavy atom. The first-order valence-electron chi connectivity index (χ1n) is 10.4. The summed E-state index contributed by atoms with van der Waals surface area (Å²) >= 11 is 0. The molecule has 5 nitrogen and oxygen atoms in total. The van der Waals surface area contributed by atoms with Crippen LogP contribution >= 0.6 is 24.0 Å². The summed E-state index contributed by atoms with van der Waals surface area (Å²) in [6.07, 6.45) is 3.89. The summed E-state index contributed by atoms with van der Waals surface area (Å²) in [4.78, 5) is 4.77. The van der Waals surface area contributed by atoms with Crippen LogP contribution in [0.4, 0.5) is 0 Å². The van der Waals surface area contributed by atoms with Crippen LogP contribution in [-0.4, -0.2) is 43.9 Å². The molecular weight excluding hydrogens is 465 g/mol. The van der Waals surface area contributed by atoms with Crippen LogP contribution in [0.3, 0.4) is 0 Å². The van der Waals surface area contributed by atoms with Gasteiger partial charge in [-0.25, -0.2) is 0 Å². The standard InChI is InChI=1S/C22H39N3O2.HI/c1-5-22(6-2,14-16-26)18-25-21(23-7-3)24-15-11-17-27-19(4)20-12-9-8-10-13-20;/h8-10,12-13,19,26H,5-7,11,14-18H2,1-4H3,(H2,23,24,25);1H. The molecular formula is C22H40IN3O2. The van der Waals surface area contributed by atoms with Crippen molar-refractivity contribution in [3.05, 3.63) is 35.9 Å². The first-order valence-corrected chi connectivity index (χ1v) is 10.4. The first-order chi connectivity index (χ1) is 13.1. The second-order valence-corrected chi connectivity index (χ2v) is 7.08. The van der Waals surface area contributed by atoms with E-state index < -0.39 is 0 Å². The number of aliphatic hydroxyl groups is 1. The van der Waals surface area contributed by atoms with Gasteiger partial charge >= 0.3 is 0 Å². The molecule has 0 amide bonds. The third kappa shape index (κ3) is 10.1. The minimum Gasteiger partial charge on any atom is -0.396 e. The number of nitrogens with zero attached hydrogens (tertiary/aromatic N) is 1. The van der Waals surface area contributed by atoms with Crippen molar-refractivity contribution in [1.82, 2.24) is 10.6 Å². The van der Waals surface area contributed by atoms with E-state index in [1.807, 2.05) is 18.2 Å². The SMILES string of the molecule is CCNC(=NCC(CC)(CC)CCO)NCCCOC(C)c1ccccc1.I. The number of rotatable bonds is 13. The number of hydrogen-bond acceptors (Lipinski definition) is 3. The Kier molecular flexibility index (Phi) is 15.5. The number of guanidine groups is 1. The average molecular weight is 505 g/mol. The van der Waals surface area contributed by atoms with E-state index >= 15 is 0 Å². The van der Waals surface area contributed by atoms with Crippen molar-refractivity contribution in [2.24, 2.45) is 10.4 Å². The largest absolute Gasteiger partial charge is 0.396 e. The van der Waals surface area contributed by atoms with E-state index in [-0.39, 0.29) is 42.1 Å². The van der Waals surface area contributed by atoms with Gasteiger partial charge in [0.25, 0.3) is 0 Å². The summed E-state index contributed by atoms with van der Waals surface area (Å²) in [5.74, 6) is 0.845. The summed E-state index contributed by atoms with van der Waals surface area (Å²) in [6, 6.07) is 10.3. The zero-order chi connectivity index (χ0) is 20.0. The minimum atomic E-state index is 0. The fourth-order valence-electron chi connectivity index (χ4n) is 3.09. The highest BCUT2D eigenvalue weighted by Crippen LogP contribution is 2.30. The monoisotopic (exact) mass is 505 g/mol. The molecule has 0 aromatic heterocycles. The highest BCUT2D eigenvalue weighted by molar-refractivity contribution is 14.0. The molecule has 0 aliphatic carbocycles. The molecule has 0 aliphatic rings. The topological polar surface area (TPSA) is 65.9 Å². The second kappa shape index (κ2) is 16.0. The van der Waals surface area contributed by atoms with Gasteiger partial charge in [0.2, 0.25) is 0 Å². The van der Waals surface area contributed by atoms with Gasteiger partial charge < -0.3 is 20.5 Å². The Balaban J connectivity index is 0.00000729. The van der Waals surface area contributed by atoms with Crippen molar-refractivity contribution in [2.45, 2.75) is 59.5 Å². The molecule has 0 fully saturated rings.